The molecule has 1 aromatic rings. The van der Waals surface area contributed by atoms with Crippen molar-refractivity contribution in [1.29, 1.82) is 0 Å². The van der Waals surface area contributed by atoms with E-state index >= 15 is 0 Å². The number of hydrogen-bond acceptors (Lipinski definition) is 4. The van der Waals surface area contributed by atoms with Gasteiger partial charge in [0.2, 0.25) is 5.88 Å². The van der Waals surface area contributed by atoms with E-state index in [9.17, 15) is 0 Å². The molecule has 5 heteroatoms. The smallest absolute Gasteiger partial charge is 0.234 e. The molecule has 1 aromatic heterocycles. The molecule has 0 aliphatic carbocycles. The first-order valence-electron chi connectivity index (χ1n) is 6.11. The maximum absolute atomic E-state index is 5.82. The van der Waals surface area contributed by atoms with Gasteiger partial charge in [0, 0.05) is 6.07 Å². The lowest BCUT2D eigenvalue weighted by atomic mass is 9.98. The second-order valence-electron chi connectivity index (χ2n) is 4.40. The van der Waals surface area contributed by atoms with Crippen LogP contribution in [-0.2, 0) is 0 Å². The van der Waals surface area contributed by atoms with E-state index < -0.39 is 0 Å². The summed E-state index contributed by atoms with van der Waals surface area (Å²) < 4.78 is 5.62. The van der Waals surface area contributed by atoms with Crippen molar-refractivity contribution in [3.63, 3.8) is 0 Å². The fourth-order valence-electron chi connectivity index (χ4n) is 2.07. The maximum Gasteiger partial charge on any atom is 0.234 e. The number of rotatable bonds is 4. The monoisotopic (exact) mass is 255 g/mol. The minimum absolute atomic E-state index is 0.524. The van der Waals surface area contributed by atoms with Gasteiger partial charge in [-0.3, -0.25) is 0 Å². The summed E-state index contributed by atoms with van der Waals surface area (Å²) in [5.41, 5.74) is 0. The van der Waals surface area contributed by atoms with Crippen LogP contribution in [0.3, 0.4) is 0 Å². The van der Waals surface area contributed by atoms with E-state index in [1.54, 1.807) is 6.07 Å². The summed E-state index contributed by atoms with van der Waals surface area (Å²) in [6.45, 7) is 6.41. The van der Waals surface area contributed by atoms with Crippen molar-refractivity contribution in [3.8, 4) is 5.88 Å². The number of nitrogens with zero attached hydrogens (tertiary/aromatic N) is 3. The summed E-state index contributed by atoms with van der Waals surface area (Å²) in [4.78, 5) is 2.47. The molecule has 94 valence electrons. The number of likely N-dealkylation sites (tertiary alicyclic amines) is 1. The molecule has 0 spiro atoms. The fraction of sp³-hybridized carbons (Fsp3) is 0.667. The predicted molar refractivity (Wildman–Crippen MR) is 67.4 cm³/mol. The van der Waals surface area contributed by atoms with Gasteiger partial charge in [-0.15, -0.1) is 5.10 Å². The largest absolute Gasteiger partial charge is 0.476 e. The lowest BCUT2D eigenvalue weighted by Crippen LogP contribution is -2.35. The molecular formula is C12H18ClN3O. The molecule has 2 heterocycles. The Labute approximate surface area is 107 Å². The Morgan fingerprint density at radius 3 is 2.88 bits per heavy atom. The third-order valence-corrected chi connectivity index (χ3v) is 3.43. The maximum atomic E-state index is 5.82. The van der Waals surface area contributed by atoms with Crippen LogP contribution in [0.4, 0.5) is 0 Å². The van der Waals surface area contributed by atoms with Crippen LogP contribution in [0.25, 0.3) is 0 Å². The van der Waals surface area contributed by atoms with Crippen LogP contribution in [0.1, 0.15) is 19.8 Å². The molecule has 17 heavy (non-hydrogen) atoms. The summed E-state index contributed by atoms with van der Waals surface area (Å²) in [5.74, 6) is 1.15. The molecule has 4 nitrogen and oxygen atoms in total. The zero-order valence-electron chi connectivity index (χ0n) is 10.1. The lowest BCUT2D eigenvalue weighted by Gasteiger charge is -2.30. The standard InChI is InChI=1S/C12H18ClN3O/c1-2-16-5-3-10(4-6-16)9-17-12-7-11(13)8-14-15-12/h7-8,10H,2-6,9H2,1H3. The second-order valence-corrected chi connectivity index (χ2v) is 4.84. The highest BCUT2D eigenvalue weighted by Crippen LogP contribution is 2.19. The van der Waals surface area contributed by atoms with Crippen molar-refractivity contribution < 1.29 is 4.74 Å². The van der Waals surface area contributed by atoms with Gasteiger partial charge in [0.1, 0.15) is 0 Å². The quantitative estimate of drug-likeness (QED) is 0.827. The summed E-state index contributed by atoms with van der Waals surface area (Å²) in [6, 6.07) is 1.70. The van der Waals surface area contributed by atoms with Crippen LogP contribution in [0.15, 0.2) is 12.3 Å². The van der Waals surface area contributed by atoms with Gasteiger partial charge in [-0.1, -0.05) is 18.5 Å². The van der Waals surface area contributed by atoms with Crippen molar-refractivity contribution >= 4 is 11.6 Å². The van der Waals surface area contributed by atoms with Crippen LogP contribution in [0.5, 0.6) is 5.88 Å². The zero-order valence-corrected chi connectivity index (χ0v) is 10.9. The number of halogens is 1. The molecule has 0 atom stereocenters. The van der Waals surface area contributed by atoms with E-state index in [-0.39, 0.29) is 0 Å². The van der Waals surface area contributed by atoms with Crippen molar-refractivity contribution in [3.05, 3.63) is 17.3 Å². The SMILES string of the molecule is CCN1CCC(COc2cc(Cl)cnn2)CC1. The minimum atomic E-state index is 0.524. The molecule has 0 bridgehead atoms. The van der Waals surface area contributed by atoms with Crippen LogP contribution in [0, 0.1) is 5.92 Å². The summed E-state index contributed by atoms with van der Waals surface area (Å²) in [5, 5.41) is 8.21. The van der Waals surface area contributed by atoms with Gasteiger partial charge >= 0.3 is 0 Å². The number of ether oxygens (including phenoxy) is 1. The average Bonchev–Trinajstić information content (AvgIpc) is 2.37. The molecule has 0 aromatic carbocycles. The number of hydrogen-bond donors (Lipinski definition) is 0. The Morgan fingerprint density at radius 1 is 1.47 bits per heavy atom. The highest BCUT2D eigenvalue weighted by molar-refractivity contribution is 6.30. The first-order valence-corrected chi connectivity index (χ1v) is 6.49. The zero-order chi connectivity index (χ0) is 12.1. The van der Waals surface area contributed by atoms with Gasteiger partial charge in [-0.05, 0) is 38.4 Å². The first-order chi connectivity index (χ1) is 8.28. The molecule has 1 saturated heterocycles. The van der Waals surface area contributed by atoms with Gasteiger partial charge in [0.25, 0.3) is 0 Å². The first kappa shape index (κ1) is 12.6. The van der Waals surface area contributed by atoms with Gasteiger partial charge in [0.15, 0.2) is 0 Å². The summed E-state index contributed by atoms with van der Waals surface area (Å²) >= 11 is 5.82. The van der Waals surface area contributed by atoms with E-state index in [2.05, 4.69) is 22.0 Å². The third kappa shape index (κ3) is 3.82. The molecule has 1 aliphatic rings. The average molecular weight is 256 g/mol. The Morgan fingerprint density at radius 2 is 2.24 bits per heavy atom. The Kier molecular flexibility index (Phi) is 4.57. The molecule has 0 radical (unpaired) electrons. The molecule has 0 N–H and O–H groups in total. The molecule has 0 saturated carbocycles. The summed E-state index contributed by atoms with van der Waals surface area (Å²) in [6.07, 6.45) is 3.90. The predicted octanol–water partition coefficient (Wildman–Crippen LogP) is 2.24. The number of aromatic nitrogens is 2. The van der Waals surface area contributed by atoms with E-state index in [1.165, 1.54) is 32.1 Å². The molecular weight excluding hydrogens is 238 g/mol. The van der Waals surface area contributed by atoms with Crippen LogP contribution in [-0.4, -0.2) is 41.3 Å². The van der Waals surface area contributed by atoms with Crippen LogP contribution < -0.4 is 4.74 Å². The fourth-order valence-corrected chi connectivity index (χ4v) is 2.21. The highest BCUT2D eigenvalue weighted by atomic mass is 35.5. The Bertz CT molecular complexity index is 353. The third-order valence-electron chi connectivity index (χ3n) is 3.22. The molecule has 1 aliphatic heterocycles. The van der Waals surface area contributed by atoms with Crippen molar-refractivity contribution in [2.45, 2.75) is 19.8 Å². The highest BCUT2D eigenvalue weighted by Gasteiger charge is 2.18. The van der Waals surface area contributed by atoms with Crippen molar-refractivity contribution in [2.24, 2.45) is 5.92 Å². The van der Waals surface area contributed by atoms with Crippen molar-refractivity contribution in [1.82, 2.24) is 15.1 Å². The van der Waals surface area contributed by atoms with Gasteiger partial charge < -0.3 is 9.64 Å². The molecule has 0 amide bonds. The molecule has 0 unspecified atom stereocenters. The second kappa shape index (κ2) is 6.17. The molecule has 2 rings (SSSR count). The van der Waals surface area contributed by atoms with E-state index in [4.69, 9.17) is 16.3 Å². The normalized spacial score (nSPS) is 18.2. The number of piperidine rings is 1. The topological polar surface area (TPSA) is 38.2 Å². The van der Waals surface area contributed by atoms with Gasteiger partial charge in [0.05, 0.1) is 17.8 Å². The van der Waals surface area contributed by atoms with E-state index in [0.29, 0.717) is 23.4 Å². The Hall–Kier alpha value is -0.870. The lowest BCUT2D eigenvalue weighted by molar-refractivity contribution is 0.143. The van der Waals surface area contributed by atoms with Gasteiger partial charge in [-0.2, -0.15) is 5.10 Å². The Balaban J connectivity index is 1.76. The van der Waals surface area contributed by atoms with Crippen LogP contribution in [0.2, 0.25) is 5.02 Å². The minimum Gasteiger partial charge on any atom is -0.476 e. The van der Waals surface area contributed by atoms with Gasteiger partial charge in [-0.25, -0.2) is 0 Å². The van der Waals surface area contributed by atoms with E-state index in [1.807, 2.05) is 0 Å². The van der Waals surface area contributed by atoms with E-state index in [0.717, 1.165) is 6.54 Å². The molecule has 1 fully saturated rings. The van der Waals surface area contributed by atoms with Crippen LogP contribution >= 0.6 is 11.6 Å². The van der Waals surface area contributed by atoms with Crippen molar-refractivity contribution in [2.75, 3.05) is 26.2 Å². The summed E-state index contributed by atoms with van der Waals surface area (Å²) in [7, 11) is 0.